The Labute approximate surface area is 323 Å². The number of nitrogens with zero attached hydrogens (tertiary/aromatic N) is 2. The van der Waals surface area contributed by atoms with Crippen molar-refractivity contribution in [1.29, 1.82) is 0 Å². The Balaban J connectivity index is 1.10. The molecule has 0 spiro atoms. The average Bonchev–Trinajstić information content (AvgIpc) is 3.67. The minimum Gasteiger partial charge on any atom is -0.310 e. The standard InChI is InChI=1S/C53H44N2/c1-52(2,3)38-22-26-40(27-23-38)54(39-24-19-36(20-25-39)35-13-7-6-8-14-35)41-28-31-44-45-32-29-42(34-49(45)53(4,5)48(44)33-41)55-50-18-12-11-17-46(50)47-30-21-37-15-9-10-16-43(37)51(47)55/h6-34H,1-5H3. The first-order chi connectivity index (χ1) is 26.7. The van der Waals surface area contributed by atoms with E-state index in [0.29, 0.717) is 0 Å². The van der Waals surface area contributed by atoms with Crippen LogP contribution in [0, 0.1) is 0 Å². The van der Waals surface area contributed by atoms with Gasteiger partial charge in [-0.05, 0) is 104 Å². The average molecular weight is 709 g/mol. The lowest BCUT2D eigenvalue weighted by atomic mass is 9.82. The molecule has 1 aliphatic carbocycles. The molecule has 1 heterocycles. The van der Waals surface area contributed by atoms with E-state index in [1.54, 1.807) is 0 Å². The van der Waals surface area contributed by atoms with Crippen LogP contribution in [-0.4, -0.2) is 4.57 Å². The first-order valence-corrected chi connectivity index (χ1v) is 19.4. The summed E-state index contributed by atoms with van der Waals surface area (Å²) >= 11 is 0. The summed E-state index contributed by atoms with van der Waals surface area (Å²) in [4.78, 5) is 2.41. The molecular weight excluding hydrogens is 665 g/mol. The Hall–Kier alpha value is -6.38. The van der Waals surface area contributed by atoms with Crippen molar-refractivity contribution >= 4 is 49.6 Å². The lowest BCUT2D eigenvalue weighted by molar-refractivity contribution is 0.590. The monoisotopic (exact) mass is 708 g/mol. The Morgan fingerprint density at radius 2 is 1.05 bits per heavy atom. The topological polar surface area (TPSA) is 8.17 Å². The molecule has 2 heteroatoms. The molecule has 9 aromatic rings. The molecule has 0 aliphatic heterocycles. The van der Waals surface area contributed by atoms with E-state index in [0.717, 1.165) is 17.1 Å². The van der Waals surface area contributed by atoms with Crippen LogP contribution in [-0.2, 0) is 10.8 Å². The molecule has 10 rings (SSSR count). The number of benzene rings is 8. The molecule has 0 unspecified atom stereocenters. The van der Waals surface area contributed by atoms with Crippen molar-refractivity contribution in [2.75, 3.05) is 4.90 Å². The number of hydrogen-bond donors (Lipinski definition) is 0. The first-order valence-electron chi connectivity index (χ1n) is 19.4. The summed E-state index contributed by atoms with van der Waals surface area (Å²) in [6.07, 6.45) is 0. The highest BCUT2D eigenvalue weighted by Crippen LogP contribution is 2.52. The fourth-order valence-corrected chi connectivity index (χ4v) is 8.98. The number of aromatic nitrogens is 1. The van der Waals surface area contributed by atoms with Gasteiger partial charge < -0.3 is 9.47 Å². The maximum atomic E-state index is 2.49. The summed E-state index contributed by atoms with van der Waals surface area (Å²) in [6.45, 7) is 11.6. The summed E-state index contributed by atoms with van der Waals surface area (Å²) in [6, 6.07) is 65.1. The third-order valence-electron chi connectivity index (χ3n) is 11.9. The molecule has 0 amide bonds. The maximum absolute atomic E-state index is 2.49. The normalized spacial score (nSPS) is 13.3. The quantitative estimate of drug-likeness (QED) is 0.173. The molecule has 0 atom stereocenters. The zero-order valence-corrected chi connectivity index (χ0v) is 32.1. The van der Waals surface area contributed by atoms with Crippen LogP contribution in [0.25, 0.3) is 60.5 Å². The first kappa shape index (κ1) is 33.2. The number of para-hydroxylation sites is 1. The van der Waals surface area contributed by atoms with Crippen LogP contribution >= 0.6 is 0 Å². The second kappa shape index (κ2) is 12.3. The van der Waals surface area contributed by atoms with Crippen LogP contribution in [0.1, 0.15) is 51.3 Å². The number of rotatable bonds is 5. The van der Waals surface area contributed by atoms with Gasteiger partial charge in [0.1, 0.15) is 0 Å². The maximum Gasteiger partial charge on any atom is 0.0619 e. The van der Waals surface area contributed by atoms with E-state index in [1.807, 2.05) is 0 Å². The fourth-order valence-electron chi connectivity index (χ4n) is 8.98. The van der Waals surface area contributed by atoms with Crippen molar-refractivity contribution in [3.63, 3.8) is 0 Å². The van der Waals surface area contributed by atoms with E-state index in [-0.39, 0.29) is 10.8 Å². The van der Waals surface area contributed by atoms with Crippen molar-refractivity contribution in [3.05, 3.63) is 193 Å². The Bertz CT molecular complexity index is 2900. The molecule has 0 bridgehead atoms. The second-order valence-electron chi connectivity index (χ2n) is 16.7. The highest BCUT2D eigenvalue weighted by atomic mass is 15.1. The molecule has 0 radical (unpaired) electrons. The summed E-state index contributed by atoms with van der Waals surface area (Å²) in [5.74, 6) is 0. The van der Waals surface area contributed by atoms with E-state index >= 15 is 0 Å². The van der Waals surface area contributed by atoms with Gasteiger partial charge in [-0.3, -0.25) is 0 Å². The highest BCUT2D eigenvalue weighted by Gasteiger charge is 2.36. The van der Waals surface area contributed by atoms with Crippen LogP contribution in [0.3, 0.4) is 0 Å². The fraction of sp³-hybridized carbons (Fsp3) is 0.132. The summed E-state index contributed by atoms with van der Waals surface area (Å²) in [7, 11) is 0. The van der Waals surface area contributed by atoms with Gasteiger partial charge in [0.15, 0.2) is 0 Å². The van der Waals surface area contributed by atoms with Gasteiger partial charge >= 0.3 is 0 Å². The van der Waals surface area contributed by atoms with E-state index < -0.39 is 0 Å². The van der Waals surface area contributed by atoms with Crippen molar-refractivity contribution < 1.29 is 0 Å². The van der Waals surface area contributed by atoms with Gasteiger partial charge in [-0.25, -0.2) is 0 Å². The molecule has 0 N–H and O–H groups in total. The predicted molar refractivity (Wildman–Crippen MR) is 235 cm³/mol. The number of hydrogen-bond acceptors (Lipinski definition) is 1. The van der Waals surface area contributed by atoms with Gasteiger partial charge in [0.25, 0.3) is 0 Å². The molecule has 0 saturated carbocycles. The third kappa shape index (κ3) is 5.31. The molecule has 2 nitrogen and oxygen atoms in total. The minimum absolute atomic E-state index is 0.0786. The molecule has 266 valence electrons. The van der Waals surface area contributed by atoms with Crippen LogP contribution in [0.4, 0.5) is 17.1 Å². The largest absolute Gasteiger partial charge is 0.310 e. The number of anilines is 3. The molecule has 0 fully saturated rings. The lowest BCUT2D eigenvalue weighted by Gasteiger charge is -2.29. The van der Waals surface area contributed by atoms with Crippen LogP contribution < -0.4 is 4.90 Å². The van der Waals surface area contributed by atoms with Gasteiger partial charge in [-0.15, -0.1) is 0 Å². The van der Waals surface area contributed by atoms with E-state index in [9.17, 15) is 0 Å². The van der Waals surface area contributed by atoms with Crippen molar-refractivity contribution in [1.82, 2.24) is 4.57 Å². The Kier molecular flexibility index (Phi) is 7.44. The number of fused-ring (bicyclic) bond motifs is 8. The molecule has 0 saturated heterocycles. The third-order valence-corrected chi connectivity index (χ3v) is 11.9. The molecule has 1 aromatic heterocycles. The molecule has 8 aromatic carbocycles. The second-order valence-corrected chi connectivity index (χ2v) is 16.7. The zero-order valence-electron chi connectivity index (χ0n) is 32.1. The Morgan fingerprint density at radius 1 is 0.473 bits per heavy atom. The van der Waals surface area contributed by atoms with Crippen molar-refractivity contribution in [3.8, 4) is 27.9 Å². The Morgan fingerprint density at radius 3 is 1.78 bits per heavy atom. The van der Waals surface area contributed by atoms with Gasteiger partial charge in [-0.1, -0.05) is 156 Å². The lowest BCUT2D eigenvalue weighted by Crippen LogP contribution is -2.17. The van der Waals surface area contributed by atoms with Gasteiger partial charge in [-0.2, -0.15) is 0 Å². The van der Waals surface area contributed by atoms with Gasteiger partial charge in [0, 0.05) is 44.3 Å². The van der Waals surface area contributed by atoms with E-state index in [2.05, 4.69) is 220 Å². The highest BCUT2D eigenvalue weighted by molar-refractivity contribution is 6.18. The summed E-state index contributed by atoms with van der Waals surface area (Å²) in [5, 5.41) is 5.10. The van der Waals surface area contributed by atoms with Crippen LogP contribution in [0.5, 0.6) is 0 Å². The van der Waals surface area contributed by atoms with Crippen molar-refractivity contribution in [2.24, 2.45) is 0 Å². The van der Waals surface area contributed by atoms with Gasteiger partial charge in [0.2, 0.25) is 0 Å². The molecule has 55 heavy (non-hydrogen) atoms. The summed E-state index contributed by atoms with van der Waals surface area (Å²) in [5.41, 5.74) is 16.1. The van der Waals surface area contributed by atoms with Gasteiger partial charge in [0.05, 0.1) is 11.0 Å². The zero-order chi connectivity index (χ0) is 37.5. The smallest absolute Gasteiger partial charge is 0.0619 e. The van der Waals surface area contributed by atoms with Crippen molar-refractivity contribution in [2.45, 2.75) is 45.4 Å². The predicted octanol–water partition coefficient (Wildman–Crippen LogP) is 14.7. The molecule has 1 aliphatic rings. The van der Waals surface area contributed by atoms with E-state index in [1.165, 1.54) is 77.2 Å². The van der Waals surface area contributed by atoms with E-state index in [4.69, 9.17) is 0 Å². The van der Waals surface area contributed by atoms with Crippen LogP contribution in [0.2, 0.25) is 0 Å². The summed E-state index contributed by atoms with van der Waals surface area (Å²) < 4.78 is 2.49. The minimum atomic E-state index is -0.212. The van der Waals surface area contributed by atoms with Crippen LogP contribution in [0.15, 0.2) is 176 Å². The molecular formula is C53H44N2. The SMILES string of the molecule is CC(C)(C)c1ccc(N(c2ccc(-c3ccccc3)cc2)c2ccc3c(c2)C(C)(C)c2cc(-n4c5ccccc5c5ccc6ccccc6c54)ccc2-3)cc1.